The number of hydrogen-bond acceptors (Lipinski definition) is 4. The van der Waals surface area contributed by atoms with Gasteiger partial charge in [-0.3, -0.25) is 9.59 Å². The van der Waals surface area contributed by atoms with Gasteiger partial charge in [0.15, 0.2) is 11.3 Å². The van der Waals surface area contributed by atoms with Crippen LogP contribution in [-0.2, 0) is 11.3 Å². The van der Waals surface area contributed by atoms with E-state index in [4.69, 9.17) is 5.73 Å². The molecule has 1 aromatic carbocycles. The van der Waals surface area contributed by atoms with Crippen LogP contribution in [0.2, 0.25) is 0 Å². The standard InChI is InChI=1S/C19H21N5O2/c1-12(2)15(17(20)25)22-19(26)16-14-9-6-10-21-18(14)24(23-16)11-13-7-4-3-5-8-13/h3-10,12,15H,11H2,1-2H3,(H2,20,25)(H,22,26)/t15-/m0/s1. The second-order valence-corrected chi connectivity index (χ2v) is 6.46. The first-order chi connectivity index (χ1) is 12.5. The van der Waals surface area contributed by atoms with Crippen molar-refractivity contribution in [2.75, 3.05) is 0 Å². The summed E-state index contributed by atoms with van der Waals surface area (Å²) in [5.41, 5.74) is 7.29. The zero-order valence-corrected chi connectivity index (χ0v) is 14.7. The Morgan fingerprint density at radius 2 is 1.88 bits per heavy atom. The fourth-order valence-corrected chi connectivity index (χ4v) is 2.82. The van der Waals surface area contributed by atoms with Crippen molar-refractivity contribution >= 4 is 22.8 Å². The van der Waals surface area contributed by atoms with Gasteiger partial charge in [0, 0.05) is 6.20 Å². The Labute approximate surface area is 151 Å². The molecule has 0 unspecified atom stereocenters. The quantitative estimate of drug-likeness (QED) is 0.706. The smallest absolute Gasteiger partial charge is 0.273 e. The number of aromatic nitrogens is 3. The maximum atomic E-state index is 12.7. The summed E-state index contributed by atoms with van der Waals surface area (Å²) in [5, 5.41) is 7.76. The van der Waals surface area contributed by atoms with Crippen molar-refractivity contribution in [3.05, 3.63) is 59.9 Å². The molecule has 0 bridgehead atoms. The first kappa shape index (κ1) is 17.6. The zero-order valence-electron chi connectivity index (χ0n) is 14.7. The molecular formula is C19H21N5O2. The molecule has 26 heavy (non-hydrogen) atoms. The average molecular weight is 351 g/mol. The van der Waals surface area contributed by atoms with E-state index < -0.39 is 17.9 Å². The Bertz CT molecular complexity index is 934. The van der Waals surface area contributed by atoms with Crippen molar-refractivity contribution in [3.8, 4) is 0 Å². The maximum Gasteiger partial charge on any atom is 0.273 e. The molecule has 0 aliphatic carbocycles. The van der Waals surface area contributed by atoms with Crippen LogP contribution in [0, 0.1) is 5.92 Å². The lowest BCUT2D eigenvalue weighted by molar-refractivity contribution is -0.120. The zero-order chi connectivity index (χ0) is 18.7. The number of rotatable bonds is 6. The fourth-order valence-electron chi connectivity index (χ4n) is 2.82. The van der Waals surface area contributed by atoms with E-state index in [1.54, 1.807) is 23.0 Å². The number of carbonyl (C=O) groups excluding carboxylic acids is 2. The van der Waals surface area contributed by atoms with Crippen LogP contribution >= 0.6 is 0 Å². The minimum atomic E-state index is -0.756. The number of hydrogen-bond donors (Lipinski definition) is 2. The summed E-state index contributed by atoms with van der Waals surface area (Å²) in [4.78, 5) is 28.7. The molecule has 0 saturated carbocycles. The van der Waals surface area contributed by atoms with E-state index in [0.717, 1.165) is 5.56 Å². The molecule has 3 rings (SSSR count). The van der Waals surface area contributed by atoms with Crippen molar-refractivity contribution in [2.45, 2.75) is 26.4 Å². The van der Waals surface area contributed by atoms with E-state index in [-0.39, 0.29) is 11.6 Å². The highest BCUT2D eigenvalue weighted by Crippen LogP contribution is 2.18. The molecule has 1 atom stereocenters. The Kier molecular flexibility index (Phi) is 4.97. The van der Waals surface area contributed by atoms with Crippen molar-refractivity contribution < 1.29 is 9.59 Å². The van der Waals surface area contributed by atoms with Crippen LogP contribution in [0.4, 0.5) is 0 Å². The number of benzene rings is 1. The van der Waals surface area contributed by atoms with Gasteiger partial charge in [-0.2, -0.15) is 5.10 Å². The van der Waals surface area contributed by atoms with Crippen LogP contribution in [0.1, 0.15) is 29.9 Å². The number of nitrogens with one attached hydrogen (secondary N) is 1. The minimum absolute atomic E-state index is 0.118. The van der Waals surface area contributed by atoms with Crippen molar-refractivity contribution in [2.24, 2.45) is 11.7 Å². The van der Waals surface area contributed by atoms with Crippen LogP contribution < -0.4 is 11.1 Å². The molecule has 0 fully saturated rings. The van der Waals surface area contributed by atoms with Gasteiger partial charge in [-0.05, 0) is 23.6 Å². The van der Waals surface area contributed by atoms with Gasteiger partial charge in [0.05, 0.1) is 11.9 Å². The van der Waals surface area contributed by atoms with Crippen LogP contribution in [-0.4, -0.2) is 32.6 Å². The van der Waals surface area contributed by atoms with Gasteiger partial charge in [-0.15, -0.1) is 0 Å². The van der Waals surface area contributed by atoms with Gasteiger partial charge in [0.25, 0.3) is 5.91 Å². The molecular weight excluding hydrogens is 330 g/mol. The fraction of sp³-hybridized carbons (Fsp3) is 0.263. The van der Waals surface area contributed by atoms with Crippen molar-refractivity contribution in [1.82, 2.24) is 20.1 Å². The van der Waals surface area contributed by atoms with Crippen molar-refractivity contribution in [1.29, 1.82) is 0 Å². The van der Waals surface area contributed by atoms with E-state index in [1.165, 1.54) is 0 Å². The topological polar surface area (TPSA) is 103 Å². The molecule has 0 aliphatic heterocycles. The summed E-state index contributed by atoms with van der Waals surface area (Å²) in [6.45, 7) is 4.14. The van der Waals surface area contributed by atoms with Crippen LogP contribution in [0.15, 0.2) is 48.7 Å². The summed E-state index contributed by atoms with van der Waals surface area (Å²) in [5.74, 6) is -1.13. The monoisotopic (exact) mass is 351 g/mol. The highest BCUT2D eigenvalue weighted by molar-refractivity contribution is 6.05. The number of fused-ring (bicyclic) bond motifs is 1. The van der Waals surface area contributed by atoms with E-state index >= 15 is 0 Å². The first-order valence-corrected chi connectivity index (χ1v) is 8.43. The Balaban J connectivity index is 1.96. The summed E-state index contributed by atoms with van der Waals surface area (Å²) in [6, 6.07) is 12.6. The van der Waals surface area contributed by atoms with Crippen molar-refractivity contribution in [3.63, 3.8) is 0 Å². The number of pyridine rings is 1. The lowest BCUT2D eigenvalue weighted by atomic mass is 10.0. The van der Waals surface area contributed by atoms with Crippen LogP contribution in [0.3, 0.4) is 0 Å². The lowest BCUT2D eigenvalue weighted by Crippen LogP contribution is -2.47. The van der Waals surface area contributed by atoms with Crippen LogP contribution in [0.5, 0.6) is 0 Å². The SMILES string of the molecule is CC(C)[C@H](NC(=O)c1nn(Cc2ccccc2)c2ncccc12)C(N)=O. The summed E-state index contributed by atoms with van der Waals surface area (Å²) < 4.78 is 1.69. The first-order valence-electron chi connectivity index (χ1n) is 8.43. The normalized spacial score (nSPS) is 12.3. The van der Waals surface area contributed by atoms with E-state index in [2.05, 4.69) is 15.4 Å². The largest absolute Gasteiger partial charge is 0.368 e. The Morgan fingerprint density at radius 1 is 1.15 bits per heavy atom. The lowest BCUT2D eigenvalue weighted by Gasteiger charge is -2.18. The number of primary amides is 1. The molecule has 134 valence electrons. The molecule has 0 spiro atoms. The molecule has 0 aliphatic rings. The third-order valence-corrected chi connectivity index (χ3v) is 4.16. The highest BCUT2D eigenvalue weighted by atomic mass is 16.2. The second kappa shape index (κ2) is 7.35. The molecule has 3 N–H and O–H groups in total. The van der Waals surface area contributed by atoms with Gasteiger partial charge < -0.3 is 11.1 Å². The van der Waals surface area contributed by atoms with Gasteiger partial charge in [-0.25, -0.2) is 9.67 Å². The summed E-state index contributed by atoms with van der Waals surface area (Å²) in [7, 11) is 0. The third-order valence-electron chi connectivity index (χ3n) is 4.16. The molecule has 3 aromatic rings. The molecule has 7 heteroatoms. The van der Waals surface area contributed by atoms with E-state index in [0.29, 0.717) is 17.6 Å². The minimum Gasteiger partial charge on any atom is -0.368 e. The van der Waals surface area contributed by atoms with Gasteiger partial charge in [0.1, 0.15) is 6.04 Å². The maximum absolute atomic E-state index is 12.7. The molecule has 0 saturated heterocycles. The third kappa shape index (κ3) is 3.56. The summed E-state index contributed by atoms with van der Waals surface area (Å²) >= 11 is 0. The predicted octanol–water partition coefficient (Wildman–Crippen LogP) is 1.72. The Morgan fingerprint density at radius 3 is 2.54 bits per heavy atom. The second-order valence-electron chi connectivity index (χ2n) is 6.46. The molecule has 2 amide bonds. The van der Waals surface area contributed by atoms with Crippen LogP contribution in [0.25, 0.3) is 11.0 Å². The van der Waals surface area contributed by atoms with E-state index in [9.17, 15) is 9.59 Å². The molecule has 0 radical (unpaired) electrons. The summed E-state index contributed by atoms with van der Waals surface area (Å²) in [6.07, 6.45) is 1.66. The predicted molar refractivity (Wildman–Crippen MR) is 98.4 cm³/mol. The average Bonchev–Trinajstić information content (AvgIpc) is 2.99. The molecule has 2 heterocycles. The number of nitrogens with zero attached hydrogens (tertiary/aromatic N) is 3. The van der Waals surface area contributed by atoms with Gasteiger partial charge >= 0.3 is 0 Å². The molecule has 2 aromatic heterocycles. The Hall–Kier alpha value is -3.22. The van der Waals surface area contributed by atoms with E-state index in [1.807, 2.05) is 44.2 Å². The number of nitrogens with two attached hydrogens (primary N) is 1. The molecule has 7 nitrogen and oxygen atoms in total. The van der Waals surface area contributed by atoms with Gasteiger partial charge in [-0.1, -0.05) is 44.2 Å². The highest BCUT2D eigenvalue weighted by Gasteiger charge is 2.25. The number of carbonyl (C=O) groups is 2. The number of amides is 2. The van der Waals surface area contributed by atoms with Gasteiger partial charge in [0.2, 0.25) is 5.91 Å².